The van der Waals surface area contributed by atoms with Gasteiger partial charge in [0, 0.05) is 62.3 Å². The largest absolute Gasteiger partial charge is 0.310 e. The topological polar surface area (TPSA) is 24.3 Å². The van der Waals surface area contributed by atoms with Crippen molar-refractivity contribution in [3.8, 4) is 28.1 Å². The predicted molar refractivity (Wildman–Crippen MR) is 239 cm³/mol. The molecule has 0 radical (unpaired) electrons. The minimum Gasteiger partial charge on any atom is -0.310 e. The fourth-order valence-corrected chi connectivity index (χ4v) is 7.93. The highest BCUT2D eigenvalue weighted by Gasteiger charge is 2.20. The third kappa shape index (κ3) is 6.49. The first-order valence-corrected chi connectivity index (χ1v) is 19.3. The number of hydrogen-bond acceptors (Lipinski definition) is 3. The molecule has 0 bridgehead atoms. The van der Waals surface area contributed by atoms with Crippen molar-refractivity contribution in [3.05, 3.63) is 231 Å². The number of fused-ring (bicyclic) bond motifs is 3. The molecule has 0 saturated carbocycles. The van der Waals surface area contributed by atoms with Gasteiger partial charge in [-0.25, -0.2) is 0 Å². The minimum atomic E-state index is 0.975. The summed E-state index contributed by atoms with van der Waals surface area (Å²) in [4.78, 5) is 9.19. The van der Waals surface area contributed by atoms with Crippen LogP contribution in [-0.4, -0.2) is 9.55 Å². The van der Waals surface area contributed by atoms with Crippen molar-refractivity contribution in [1.29, 1.82) is 0 Å². The molecule has 0 atom stereocenters. The van der Waals surface area contributed by atoms with Crippen molar-refractivity contribution in [2.45, 2.75) is 0 Å². The number of aromatic nitrogens is 2. The molecule has 2 aromatic heterocycles. The van der Waals surface area contributed by atoms with Gasteiger partial charge in [-0.15, -0.1) is 0 Å². The van der Waals surface area contributed by atoms with Gasteiger partial charge in [-0.1, -0.05) is 115 Å². The summed E-state index contributed by atoms with van der Waals surface area (Å²) in [6.45, 7) is 0. The van der Waals surface area contributed by atoms with Gasteiger partial charge in [-0.05, 0) is 120 Å². The quantitative estimate of drug-likeness (QED) is 0.148. The first kappa shape index (κ1) is 33.8. The second-order valence-electron chi connectivity index (χ2n) is 14.1. The van der Waals surface area contributed by atoms with Crippen molar-refractivity contribution >= 4 is 55.9 Å². The zero-order valence-corrected chi connectivity index (χ0v) is 31.2. The second kappa shape index (κ2) is 14.9. The van der Waals surface area contributed by atoms with Crippen LogP contribution in [0.3, 0.4) is 0 Å². The molecule has 10 aromatic rings. The number of pyridine rings is 1. The maximum atomic E-state index is 4.52. The lowest BCUT2D eigenvalue weighted by Crippen LogP contribution is -2.09. The highest BCUT2D eigenvalue weighted by molar-refractivity contribution is 6.12. The van der Waals surface area contributed by atoms with E-state index in [1.807, 2.05) is 24.4 Å². The first-order valence-electron chi connectivity index (χ1n) is 19.3. The monoisotopic (exact) mass is 730 g/mol. The molecule has 10 rings (SSSR count). The number of para-hydroxylation sites is 4. The van der Waals surface area contributed by atoms with E-state index in [4.69, 9.17) is 0 Å². The zero-order valence-electron chi connectivity index (χ0n) is 31.2. The Balaban J connectivity index is 1.14. The van der Waals surface area contributed by atoms with Gasteiger partial charge in [-0.2, -0.15) is 0 Å². The number of nitrogens with zero attached hydrogens (tertiary/aromatic N) is 4. The number of benzene rings is 8. The first-order chi connectivity index (χ1) is 28.3. The summed E-state index contributed by atoms with van der Waals surface area (Å²) in [6, 6.07) is 79.8. The standard InChI is InChI=1S/C53H38N4/c1-5-15-42(16-6-1)55(43-17-7-2-8-18-43)47-32-34-52-49(37-47)50-38-48(56(44-19-9-3-10-20-44)45-21-11-4-12-22-45)33-35-53(50)57(52)46-30-28-40(29-31-46)39-24-26-41(27-25-39)51-23-13-14-36-54-51/h1-38H. The van der Waals surface area contributed by atoms with Gasteiger partial charge in [0.2, 0.25) is 0 Å². The summed E-state index contributed by atoms with van der Waals surface area (Å²) >= 11 is 0. The van der Waals surface area contributed by atoms with E-state index in [-0.39, 0.29) is 0 Å². The number of rotatable bonds is 9. The minimum absolute atomic E-state index is 0.975. The van der Waals surface area contributed by atoms with E-state index < -0.39 is 0 Å². The van der Waals surface area contributed by atoms with Gasteiger partial charge in [0.05, 0.1) is 16.7 Å². The summed E-state index contributed by atoms with van der Waals surface area (Å²) < 4.78 is 2.40. The second-order valence-corrected chi connectivity index (χ2v) is 14.1. The van der Waals surface area contributed by atoms with Crippen molar-refractivity contribution in [2.24, 2.45) is 0 Å². The Morgan fingerprint density at radius 3 is 1.11 bits per heavy atom. The summed E-state index contributed by atoms with van der Waals surface area (Å²) in [6.07, 6.45) is 1.84. The van der Waals surface area contributed by atoms with Crippen LogP contribution in [0.1, 0.15) is 0 Å². The molecule has 0 aliphatic rings. The van der Waals surface area contributed by atoms with Crippen LogP contribution in [0, 0.1) is 0 Å². The van der Waals surface area contributed by atoms with Crippen molar-refractivity contribution < 1.29 is 0 Å². The number of hydrogen-bond donors (Lipinski definition) is 0. The lowest BCUT2D eigenvalue weighted by atomic mass is 10.0. The van der Waals surface area contributed by atoms with Crippen LogP contribution in [-0.2, 0) is 0 Å². The van der Waals surface area contributed by atoms with Gasteiger partial charge in [-0.3, -0.25) is 4.98 Å². The molecule has 0 fully saturated rings. The SMILES string of the molecule is c1ccc(N(c2ccccc2)c2ccc3c(c2)c2cc(N(c4ccccc4)c4ccccc4)ccc2n3-c2ccc(-c3ccc(-c4ccccn4)cc3)cc2)cc1. The van der Waals surface area contributed by atoms with Gasteiger partial charge < -0.3 is 14.4 Å². The average molecular weight is 731 g/mol. The van der Waals surface area contributed by atoms with Gasteiger partial charge in [0.25, 0.3) is 0 Å². The molecule has 0 amide bonds. The smallest absolute Gasteiger partial charge is 0.0701 e. The average Bonchev–Trinajstić information content (AvgIpc) is 3.61. The summed E-state index contributed by atoms with van der Waals surface area (Å²) in [5.41, 5.74) is 14.4. The maximum absolute atomic E-state index is 4.52. The van der Waals surface area contributed by atoms with E-state index in [1.54, 1.807) is 0 Å². The van der Waals surface area contributed by atoms with Gasteiger partial charge in [0.15, 0.2) is 0 Å². The predicted octanol–water partition coefficient (Wildman–Crippen LogP) is 14.5. The molecular formula is C53H38N4. The molecule has 270 valence electrons. The van der Waals surface area contributed by atoms with Crippen LogP contribution in [0.4, 0.5) is 34.1 Å². The van der Waals surface area contributed by atoms with E-state index in [9.17, 15) is 0 Å². The van der Waals surface area contributed by atoms with Crippen molar-refractivity contribution in [2.75, 3.05) is 9.80 Å². The van der Waals surface area contributed by atoms with E-state index in [0.29, 0.717) is 0 Å². The molecule has 57 heavy (non-hydrogen) atoms. The third-order valence-corrected chi connectivity index (χ3v) is 10.6. The molecule has 0 aliphatic carbocycles. The molecule has 0 spiro atoms. The van der Waals surface area contributed by atoms with E-state index in [2.05, 4.69) is 226 Å². The highest BCUT2D eigenvalue weighted by atomic mass is 15.1. The lowest BCUT2D eigenvalue weighted by Gasteiger charge is -2.26. The van der Waals surface area contributed by atoms with Crippen LogP contribution in [0.5, 0.6) is 0 Å². The Hall–Kier alpha value is -7.69. The highest BCUT2D eigenvalue weighted by Crippen LogP contribution is 2.42. The Bertz CT molecular complexity index is 2690. The molecule has 4 nitrogen and oxygen atoms in total. The van der Waals surface area contributed by atoms with E-state index in [1.165, 1.54) is 21.9 Å². The molecule has 0 saturated heterocycles. The molecule has 0 aliphatic heterocycles. The lowest BCUT2D eigenvalue weighted by molar-refractivity contribution is 1.18. The van der Waals surface area contributed by atoms with Gasteiger partial charge in [0.1, 0.15) is 0 Å². The van der Waals surface area contributed by atoms with Crippen LogP contribution in [0.15, 0.2) is 231 Å². The summed E-state index contributed by atoms with van der Waals surface area (Å²) in [5.74, 6) is 0. The Morgan fingerprint density at radius 1 is 0.316 bits per heavy atom. The normalized spacial score (nSPS) is 11.2. The molecular weight excluding hydrogens is 693 g/mol. The molecule has 0 unspecified atom stereocenters. The summed E-state index contributed by atoms with van der Waals surface area (Å²) in [7, 11) is 0. The Kier molecular flexibility index (Phi) is 8.82. The van der Waals surface area contributed by atoms with Crippen LogP contribution in [0.25, 0.3) is 49.9 Å². The molecule has 2 heterocycles. The number of anilines is 6. The maximum Gasteiger partial charge on any atom is 0.0701 e. The molecule has 4 heteroatoms. The fourth-order valence-electron chi connectivity index (χ4n) is 7.93. The van der Waals surface area contributed by atoms with E-state index >= 15 is 0 Å². The summed E-state index contributed by atoms with van der Waals surface area (Å²) in [5, 5.41) is 2.35. The molecule has 8 aromatic carbocycles. The van der Waals surface area contributed by atoms with Gasteiger partial charge >= 0.3 is 0 Å². The van der Waals surface area contributed by atoms with Crippen LogP contribution < -0.4 is 9.80 Å². The van der Waals surface area contributed by atoms with E-state index in [0.717, 1.165) is 62.1 Å². The zero-order chi connectivity index (χ0) is 38.0. The van der Waals surface area contributed by atoms with Crippen LogP contribution >= 0.6 is 0 Å². The van der Waals surface area contributed by atoms with Crippen LogP contribution in [0.2, 0.25) is 0 Å². The van der Waals surface area contributed by atoms with Crippen molar-refractivity contribution in [1.82, 2.24) is 9.55 Å². The fraction of sp³-hybridized carbons (Fsp3) is 0. The van der Waals surface area contributed by atoms with Crippen molar-refractivity contribution in [3.63, 3.8) is 0 Å². The third-order valence-electron chi connectivity index (χ3n) is 10.6. The molecule has 0 N–H and O–H groups in total. The Morgan fingerprint density at radius 2 is 0.702 bits per heavy atom. The Labute approximate surface area is 332 Å².